The summed E-state index contributed by atoms with van der Waals surface area (Å²) in [5, 5.41) is 0.553. The Balaban J connectivity index is 2.82. The second kappa shape index (κ2) is 2.60. The Hall–Kier alpha value is -1.35. The molecule has 0 unspecified atom stereocenters. The molecule has 0 aliphatic heterocycles. The first kappa shape index (κ1) is 7.31. The Labute approximate surface area is 74.1 Å². The SMILES string of the molecule is C=Cc1nc2c(Cl)cncc2[nH]1. The van der Waals surface area contributed by atoms with Crippen LogP contribution in [0.5, 0.6) is 0 Å². The molecule has 12 heavy (non-hydrogen) atoms. The van der Waals surface area contributed by atoms with Crippen LogP contribution in [0.2, 0.25) is 5.02 Å². The fourth-order valence-corrected chi connectivity index (χ4v) is 1.22. The van der Waals surface area contributed by atoms with Crippen LogP contribution in [0.15, 0.2) is 19.0 Å². The van der Waals surface area contributed by atoms with E-state index in [1.807, 2.05) is 0 Å². The van der Waals surface area contributed by atoms with Gasteiger partial charge in [0.2, 0.25) is 0 Å². The van der Waals surface area contributed by atoms with Gasteiger partial charge < -0.3 is 4.98 Å². The highest BCUT2D eigenvalue weighted by molar-refractivity contribution is 6.34. The third-order valence-electron chi connectivity index (χ3n) is 1.56. The number of imidazole rings is 1. The van der Waals surface area contributed by atoms with E-state index in [1.165, 1.54) is 0 Å². The number of pyridine rings is 1. The predicted molar refractivity (Wildman–Crippen MR) is 49.0 cm³/mol. The van der Waals surface area contributed by atoms with Crippen LogP contribution in [-0.2, 0) is 0 Å². The molecule has 0 radical (unpaired) electrons. The quantitative estimate of drug-likeness (QED) is 0.730. The lowest BCUT2D eigenvalue weighted by atomic mass is 10.4. The van der Waals surface area contributed by atoms with Crippen LogP contribution in [0.1, 0.15) is 5.82 Å². The van der Waals surface area contributed by atoms with Gasteiger partial charge >= 0.3 is 0 Å². The maximum Gasteiger partial charge on any atom is 0.130 e. The van der Waals surface area contributed by atoms with Crippen molar-refractivity contribution < 1.29 is 0 Å². The molecular weight excluding hydrogens is 174 g/mol. The van der Waals surface area contributed by atoms with Crippen molar-refractivity contribution >= 4 is 28.7 Å². The number of halogens is 1. The van der Waals surface area contributed by atoms with Gasteiger partial charge in [-0.05, 0) is 6.08 Å². The molecule has 2 aromatic heterocycles. The summed E-state index contributed by atoms with van der Waals surface area (Å²) in [4.78, 5) is 11.1. The van der Waals surface area contributed by atoms with Crippen LogP contribution >= 0.6 is 11.6 Å². The van der Waals surface area contributed by atoms with Crippen molar-refractivity contribution in [2.45, 2.75) is 0 Å². The maximum absolute atomic E-state index is 5.85. The first-order valence-corrected chi connectivity index (χ1v) is 3.80. The van der Waals surface area contributed by atoms with Gasteiger partial charge in [-0.25, -0.2) is 4.98 Å². The molecule has 0 aliphatic carbocycles. The van der Waals surface area contributed by atoms with E-state index < -0.39 is 0 Å². The van der Waals surface area contributed by atoms with E-state index in [0.29, 0.717) is 10.8 Å². The molecule has 0 amide bonds. The molecule has 60 valence electrons. The van der Waals surface area contributed by atoms with Gasteiger partial charge in [-0.3, -0.25) is 4.98 Å². The Morgan fingerprint density at radius 1 is 1.50 bits per heavy atom. The highest BCUT2D eigenvalue weighted by Gasteiger charge is 2.03. The van der Waals surface area contributed by atoms with Crippen molar-refractivity contribution in [3.63, 3.8) is 0 Å². The largest absolute Gasteiger partial charge is 0.337 e. The molecule has 2 heterocycles. The van der Waals surface area contributed by atoms with Crippen LogP contribution in [0.3, 0.4) is 0 Å². The molecule has 0 saturated heterocycles. The number of aromatic amines is 1. The minimum Gasteiger partial charge on any atom is -0.337 e. The number of fused-ring (bicyclic) bond motifs is 1. The molecule has 0 spiro atoms. The highest BCUT2D eigenvalue weighted by Crippen LogP contribution is 2.19. The zero-order chi connectivity index (χ0) is 8.55. The van der Waals surface area contributed by atoms with Crippen LogP contribution in [-0.4, -0.2) is 15.0 Å². The number of nitrogens with zero attached hydrogens (tertiary/aromatic N) is 2. The smallest absolute Gasteiger partial charge is 0.130 e. The second-order valence-electron chi connectivity index (χ2n) is 2.34. The minimum absolute atomic E-state index is 0.553. The van der Waals surface area contributed by atoms with Crippen molar-refractivity contribution in [3.8, 4) is 0 Å². The molecular formula is C8H6ClN3. The van der Waals surface area contributed by atoms with E-state index in [-0.39, 0.29) is 0 Å². The van der Waals surface area contributed by atoms with Gasteiger partial charge in [0, 0.05) is 6.20 Å². The molecule has 0 aliphatic rings. The lowest BCUT2D eigenvalue weighted by Gasteiger charge is -1.87. The molecule has 3 nitrogen and oxygen atoms in total. The maximum atomic E-state index is 5.85. The molecule has 2 rings (SSSR count). The summed E-state index contributed by atoms with van der Waals surface area (Å²) in [5.41, 5.74) is 1.57. The lowest BCUT2D eigenvalue weighted by Crippen LogP contribution is -1.73. The first-order valence-electron chi connectivity index (χ1n) is 3.43. The van der Waals surface area contributed by atoms with Crippen LogP contribution in [0.25, 0.3) is 17.1 Å². The van der Waals surface area contributed by atoms with Gasteiger partial charge in [0.25, 0.3) is 0 Å². The minimum atomic E-state index is 0.553. The lowest BCUT2D eigenvalue weighted by molar-refractivity contribution is 1.29. The van der Waals surface area contributed by atoms with Crippen molar-refractivity contribution in [2.75, 3.05) is 0 Å². The summed E-state index contributed by atoms with van der Waals surface area (Å²) in [6.45, 7) is 3.60. The van der Waals surface area contributed by atoms with E-state index in [1.54, 1.807) is 18.5 Å². The Bertz CT molecular complexity index is 433. The molecule has 0 saturated carbocycles. The zero-order valence-corrected chi connectivity index (χ0v) is 6.97. The summed E-state index contributed by atoms with van der Waals surface area (Å²) in [6.07, 6.45) is 4.88. The third kappa shape index (κ3) is 0.987. The van der Waals surface area contributed by atoms with E-state index in [0.717, 1.165) is 11.0 Å². The predicted octanol–water partition coefficient (Wildman–Crippen LogP) is 2.25. The Kier molecular flexibility index (Phi) is 1.59. The number of hydrogen-bond acceptors (Lipinski definition) is 2. The monoisotopic (exact) mass is 179 g/mol. The van der Waals surface area contributed by atoms with Gasteiger partial charge in [-0.2, -0.15) is 0 Å². The molecule has 0 bridgehead atoms. The fourth-order valence-electron chi connectivity index (χ4n) is 1.02. The molecule has 2 aromatic rings. The topological polar surface area (TPSA) is 41.6 Å². The summed E-state index contributed by atoms with van der Waals surface area (Å²) in [5.74, 6) is 0.708. The summed E-state index contributed by atoms with van der Waals surface area (Å²) >= 11 is 5.85. The summed E-state index contributed by atoms with van der Waals surface area (Å²) < 4.78 is 0. The first-order chi connectivity index (χ1) is 5.81. The highest BCUT2D eigenvalue weighted by atomic mass is 35.5. The van der Waals surface area contributed by atoms with Gasteiger partial charge in [-0.15, -0.1) is 0 Å². The van der Waals surface area contributed by atoms with Gasteiger partial charge in [0.1, 0.15) is 11.3 Å². The van der Waals surface area contributed by atoms with E-state index in [2.05, 4.69) is 21.5 Å². The molecule has 4 heteroatoms. The molecule has 0 aromatic carbocycles. The number of nitrogens with one attached hydrogen (secondary N) is 1. The second-order valence-corrected chi connectivity index (χ2v) is 2.75. The normalized spacial score (nSPS) is 10.4. The third-order valence-corrected chi connectivity index (χ3v) is 1.84. The van der Waals surface area contributed by atoms with Crippen molar-refractivity contribution in [3.05, 3.63) is 29.8 Å². The zero-order valence-electron chi connectivity index (χ0n) is 6.21. The summed E-state index contributed by atoms with van der Waals surface area (Å²) in [7, 11) is 0. The number of aromatic nitrogens is 3. The van der Waals surface area contributed by atoms with Crippen LogP contribution < -0.4 is 0 Å². The van der Waals surface area contributed by atoms with Gasteiger partial charge in [-0.1, -0.05) is 18.2 Å². The van der Waals surface area contributed by atoms with Gasteiger partial charge in [0.15, 0.2) is 0 Å². The van der Waals surface area contributed by atoms with E-state index >= 15 is 0 Å². The average molecular weight is 180 g/mol. The van der Waals surface area contributed by atoms with Gasteiger partial charge in [0.05, 0.1) is 16.7 Å². The Morgan fingerprint density at radius 3 is 3.00 bits per heavy atom. The molecule has 0 atom stereocenters. The number of H-pyrrole nitrogens is 1. The fraction of sp³-hybridized carbons (Fsp3) is 0. The molecule has 0 fully saturated rings. The van der Waals surface area contributed by atoms with Crippen molar-refractivity contribution in [1.29, 1.82) is 0 Å². The van der Waals surface area contributed by atoms with E-state index in [4.69, 9.17) is 11.6 Å². The number of hydrogen-bond donors (Lipinski definition) is 1. The standard InChI is InChI=1S/C8H6ClN3/c1-2-7-11-6-4-10-3-5(9)8(6)12-7/h2-4H,1H2,(H,11,12). The molecule has 1 N–H and O–H groups in total. The van der Waals surface area contributed by atoms with E-state index in [9.17, 15) is 0 Å². The number of rotatable bonds is 1. The average Bonchev–Trinajstić information content (AvgIpc) is 2.49. The van der Waals surface area contributed by atoms with Crippen molar-refractivity contribution in [2.24, 2.45) is 0 Å². The van der Waals surface area contributed by atoms with Crippen LogP contribution in [0, 0.1) is 0 Å². The summed E-state index contributed by atoms with van der Waals surface area (Å²) in [6, 6.07) is 0. The van der Waals surface area contributed by atoms with Crippen LogP contribution in [0.4, 0.5) is 0 Å². The Morgan fingerprint density at radius 2 is 2.33 bits per heavy atom. The van der Waals surface area contributed by atoms with Crippen molar-refractivity contribution in [1.82, 2.24) is 15.0 Å².